The number of nitrogens with zero attached hydrogens (tertiary/aromatic N) is 1. The van der Waals surface area contributed by atoms with Crippen molar-refractivity contribution in [1.29, 1.82) is 0 Å². The molecule has 0 fully saturated rings. The normalized spacial score (nSPS) is 12.0. The predicted octanol–water partition coefficient (Wildman–Crippen LogP) is 4.95. The zero-order valence-corrected chi connectivity index (χ0v) is 16.4. The van der Waals surface area contributed by atoms with Crippen LogP contribution in [0.2, 0.25) is 15.1 Å². The van der Waals surface area contributed by atoms with Crippen molar-refractivity contribution < 1.29 is 9.53 Å². The maximum atomic E-state index is 12.4. The van der Waals surface area contributed by atoms with Gasteiger partial charge in [-0.05, 0) is 37.3 Å². The molecular weight excluding hydrogens is 419 g/mol. The highest BCUT2D eigenvalue weighted by Crippen LogP contribution is 2.34. The van der Waals surface area contributed by atoms with E-state index in [2.05, 4.69) is 15.7 Å². The molecule has 4 N–H and O–H groups in total. The first-order valence-electron chi connectivity index (χ1n) is 7.36. The maximum Gasteiger partial charge on any atom is 0.265 e. The number of amides is 1. The summed E-state index contributed by atoms with van der Waals surface area (Å²) in [6.45, 7) is 1.61. The quantitative estimate of drug-likeness (QED) is 0.393. The van der Waals surface area contributed by atoms with Gasteiger partial charge in [0.2, 0.25) is 0 Å². The van der Waals surface area contributed by atoms with Crippen molar-refractivity contribution in [3.8, 4) is 5.75 Å². The second-order valence-electron chi connectivity index (χ2n) is 5.29. The lowest BCUT2D eigenvalue weighted by atomic mass is 10.2. The first kappa shape index (κ1) is 19.0. The predicted molar refractivity (Wildman–Crippen MR) is 108 cm³/mol. The van der Waals surface area contributed by atoms with Gasteiger partial charge in [-0.25, -0.2) is 10.8 Å². The van der Waals surface area contributed by atoms with Crippen LogP contribution in [-0.2, 0) is 4.79 Å². The summed E-state index contributed by atoms with van der Waals surface area (Å²) in [5.74, 6) is 5.38. The Morgan fingerprint density at radius 3 is 2.69 bits per heavy atom. The molecule has 0 saturated carbocycles. The fourth-order valence-electron chi connectivity index (χ4n) is 2.18. The third-order valence-electron chi connectivity index (χ3n) is 3.41. The van der Waals surface area contributed by atoms with Crippen molar-refractivity contribution in [2.75, 3.05) is 10.7 Å². The number of carbonyl (C=O) groups is 1. The van der Waals surface area contributed by atoms with E-state index in [1.807, 2.05) is 0 Å². The topological polar surface area (TPSA) is 89.3 Å². The van der Waals surface area contributed by atoms with Crippen molar-refractivity contribution in [1.82, 2.24) is 4.98 Å². The van der Waals surface area contributed by atoms with Gasteiger partial charge in [-0.3, -0.25) is 10.2 Å². The number of nitrogens with two attached hydrogens (primary N) is 1. The first-order chi connectivity index (χ1) is 12.4. The number of nitrogens with one attached hydrogen (secondary N) is 2. The molecular formula is C16H13Cl3N4O2S. The van der Waals surface area contributed by atoms with E-state index >= 15 is 0 Å². The van der Waals surface area contributed by atoms with Crippen LogP contribution in [-0.4, -0.2) is 17.0 Å². The Morgan fingerprint density at radius 2 is 2.00 bits per heavy atom. The van der Waals surface area contributed by atoms with Gasteiger partial charge in [0.15, 0.2) is 11.2 Å². The van der Waals surface area contributed by atoms with Crippen LogP contribution in [0.4, 0.5) is 10.8 Å². The number of hydrogen-bond donors (Lipinski definition) is 3. The number of nitrogen functional groups attached to an aromatic ring is 1. The lowest BCUT2D eigenvalue weighted by Gasteiger charge is -2.16. The summed E-state index contributed by atoms with van der Waals surface area (Å²) in [5.41, 5.74) is 3.61. The fraction of sp³-hybridized carbons (Fsp3) is 0.125. The Morgan fingerprint density at radius 1 is 1.23 bits per heavy atom. The zero-order valence-electron chi connectivity index (χ0n) is 13.3. The minimum absolute atomic E-state index is 0.327. The smallest absolute Gasteiger partial charge is 0.265 e. The minimum atomic E-state index is -0.786. The van der Waals surface area contributed by atoms with Crippen LogP contribution in [0.5, 0.6) is 5.75 Å². The van der Waals surface area contributed by atoms with Crippen LogP contribution in [0.15, 0.2) is 30.3 Å². The molecule has 0 unspecified atom stereocenters. The Hall–Kier alpha value is -1.77. The summed E-state index contributed by atoms with van der Waals surface area (Å²) in [5, 5.41) is 4.51. The SMILES string of the molecule is C[C@@H](Oc1ccc(Cl)cc1Cl)C(=O)Nc1cc(Cl)c2nc(NN)sc2c1. The molecule has 0 aliphatic carbocycles. The highest BCUT2D eigenvalue weighted by atomic mass is 35.5. The number of fused-ring (bicyclic) bond motifs is 1. The molecule has 26 heavy (non-hydrogen) atoms. The molecule has 0 radical (unpaired) electrons. The van der Waals surface area contributed by atoms with Gasteiger partial charge in [-0.1, -0.05) is 46.1 Å². The Kier molecular flexibility index (Phi) is 5.74. The van der Waals surface area contributed by atoms with Gasteiger partial charge >= 0.3 is 0 Å². The number of anilines is 2. The van der Waals surface area contributed by atoms with Crippen LogP contribution < -0.4 is 21.3 Å². The molecule has 1 aromatic heterocycles. The molecule has 0 bridgehead atoms. The third-order valence-corrected chi connectivity index (χ3v) is 5.16. The Bertz CT molecular complexity index is 980. The monoisotopic (exact) mass is 430 g/mol. The molecule has 136 valence electrons. The van der Waals surface area contributed by atoms with Crippen LogP contribution in [0.1, 0.15) is 6.92 Å². The molecule has 2 aromatic carbocycles. The van der Waals surface area contributed by atoms with Crippen LogP contribution in [0.25, 0.3) is 10.2 Å². The average Bonchev–Trinajstić information content (AvgIpc) is 3.01. The highest BCUT2D eigenvalue weighted by molar-refractivity contribution is 7.22. The van der Waals surface area contributed by atoms with Gasteiger partial charge in [-0.2, -0.15) is 0 Å². The van der Waals surface area contributed by atoms with Crippen LogP contribution in [0.3, 0.4) is 0 Å². The van der Waals surface area contributed by atoms with Gasteiger partial charge in [0.05, 0.1) is 14.7 Å². The van der Waals surface area contributed by atoms with Crippen LogP contribution >= 0.6 is 46.1 Å². The van der Waals surface area contributed by atoms with E-state index in [1.54, 1.807) is 37.3 Å². The Labute approximate surface area is 168 Å². The molecule has 10 heteroatoms. The van der Waals surface area contributed by atoms with Gasteiger partial charge in [0.25, 0.3) is 5.91 Å². The number of aromatic nitrogens is 1. The molecule has 0 aliphatic rings. The molecule has 6 nitrogen and oxygen atoms in total. The largest absolute Gasteiger partial charge is 0.479 e. The van der Waals surface area contributed by atoms with Gasteiger partial charge < -0.3 is 10.1 Å². The minimum Gasteiger partial charge on any atom is -0.479 e. The van der Waals surface area contributed by atoms with Gasteiger partial charge in [-0.15, -0.1) is 0 Å². The van der Waals surface area contributed by atoms with E-state index in [9.17, 15) is 4.79 Å². The van der Waals surface area contributed by atoms with E-state index < -0.39 is 6.10 Å². The fourth-order valence-corrected chi connectivity index (χ4v) is 3.79. The van der Waals surface area contributed by atoms with E-state index in [4.69, 9.17) is 45.4 Å². The average molecular weight is 432 g/mol. The highest BCUT2D eigenvalue weighted by Gasteiger charge is 2.18. The number of rotatable bonds is 5. The molecule has 1 atom stereocenters. The van der Waals surface area contributed by atoms with Crippen molar-refractivity contribution >= 4 is 73.1 Å². The first-order valence-corrected chi connectivity index (χ1v) is 9.31. The lowest BCUT2D eigenvalue weighted by Crippen LogP contribution is -2.30. The van der Waals surface area contributed by atoms with E-state index in [0.29, 0.717) is 37.2 Å². The summed E-state index contributed by atoms with van der Waals surface area (Å²) in [7, 11) is 0. The number of hydrazine groups is 1. The zero-order chi connectivity index (χ0) is 18.8. The summed E-state index contributed by atoms with van der Waals surface area (Å²) < 4.78 is 6.39. The molecule has 3 aromatic rings. The van der Waals surface area contributed by atoms with Crippen molar-refractivity contribution in [2.45, 2.75) is 13.0 Å². The van der Waals surface area contributed by atoms with Gasteiger partial charge in [0.1, 0.15) is 11.3 Å². The number of hydrogen-bond acceptors (Lipinski definition) is 6. The summed E-state index contributed by atoms with van der Waals surface area (Å²) in [4.78, 5) is 16.7. The number of benzene rings is 2. The maximum absolute atomic E-state index is 12.4. The van der Waals surface area contributed by atoms with E-state index in [0.717, 1.165) is 4.70 Å². The molecule has 1 heterocycles. The van der Waals surface area contributed by atoms with Crippen molar-refractivity contribution in [2.24, 2.45) is 5.84 Å². The van der Waals surface area contributed by atoms with E-state index in [-0.39, 0.29) is 5.91 Å². The van der Waals surface area contributed by atoms with Crippen molar-refractivity contribution in [3.05, 3.63) is 45.4 Å². The number of thiazole rings is 1. The van der Waals surface area contributed by atoms with Crippen LogP contribution in [0, 0.1) is 0 Å². The summed E-state index contributed by atoms with van der Waals surface area (Å²) in [6.07, 6.45) is -0.786. The molecule has 0 aliphatic heterocycles. The second-order valence-corrected chi connectivity index (χ2v) is 7.57. The molecule has 0 saturated heterocycles. The summed E-state index contributed by atoms with van der Waals surface area (Å²) in [6, 6.07) is 8.16. The standard InChI is InChI=1S/C16H13Cl3N4O2S/c1-7(25-12-3-2-8(17)4-10(12)18)15(24)21-9-5-11(19)14-13(6-9)26-16(22-14)23-20/h2-7H,20H2,1H3,(H,21,24)(H,22,23)/t7-/m1/s1. The third kappa shape index (κ3) is 4.13. The van der Waals surface area contributed by atoms with E-state index in [1.165, 1.54) is 11.3 Å². The van der Waals surface area contributed by atoms with Crippen molar-refractivity contribution in [3.63, 3.8) is 0 Å². The van der Waals surface area contributed by atoms with Gasteiger partial charge in [0, 0.05) is 10.7 Å². The Balaban J connectivity index is 1.75. The summed E-state index contributed by atoms with van der Waals surface area (Å²) >= 11 is 19.5. The number of halogens is 3. The second kappa shape index (κ2) is 7.85. The number of ether oxygens (including phenoxy) is 1. The molecule has 1 amide bonds. The lowest BCUT2D eigenvalue weighted by molar-refractivity contribution is -0.122. The molecule has 3 rings (SSSR count). The number of carbonyl (C=O) groups excluding carboxylic acids is 1. The molecule has 0 spiro atoms.